The van der Waals surface area contributed by atoms with Crippen molar-refractivity contribution in [2.24, 2.45) is 5.92 Å². The zero-order chi connectivity index (χ0) is 11.7. The molecule has 16 heavy (non-hydrogen) atoms. The van der Waals surface area contributed by atoms with Gasteiger partial charge < -0.3 is 5.32 Å². The number of para-hydroxylation sites is 1. The number of anilines is 1. The molecule has 2 rings (SSSR count). The number of rotatable bonds is 2. The monoisotopic (exact) mass is 213 g/mol. The molecule has 1 atom stereocenters. The van der Waals surface area contributed by atoms with Gasteiger partial charge in [0.05, 0.1) is 0 Å². The number of benzene rings is 1. The molecule has 1 unspecified atom stereocenters. The molecule has 1 aliphatic carbocycles. The molecular weight excluding hydrogens is 194 g/mol. The van der Waals surface area contributed by atoms with Crippen LogP contribution >= 0.6 is 0 Å². The van der Waals surface area contributed by atoms with Crippen LogP contribution in [0.25, 0.3) is 0 Å². The van der Waals surface area contributed by atoms with E-state index >= 15 is 0 Å². The van der Waals surface area contributed by atoms with Crippen molar-refractivity contribution in [2.45, 2.75) is 27.7 Å². The summed E-state index contributed by atoms with van der Waals surface area (Å²) < 4.78 is 0. The molecule has 0 bridgehead atoms. The zero-order valence-electron chi connectivity index (χ0n) is 10.5. The first-order chi connectivity index (χ1) is 7.61. The summed E-state index contributed by atoms with van der Waals surface area (Å²) in [5, 5.41) is 3.54. The molecule has 0 amide bonds. The van der Waals surface area contributed by atoms with Crippen molar-refractivity contribution in [1.82, 2.24) is 0 Å². The molecule has 1 aromatic rings. The lowest BCUT2D eigenvalue weighted by atomic mass is 10.0. The van der Waals surface area contributed by atoms with Crippen molar-refractivity contribution in [2.75, 3.05) is 5.32 Å². The Hall–Kier alpha value is -1.50. The highest BCUT2D eigenvalue weighted by atomic mass is 14.9. The van der Waals surface area contributed by atoms with Gasteiger partial charge in [-0.2, -0.15) is 0 Å². The molecule has 1 heteroatoms. The van der Waals surface area contributed by atoms with Gasteiger partial charge in [0.25, 0.3) is 0 Å². The van der Waals surface area contributed by atoms with E-state index in [9.17, 15) is 0 Å². The summed E-state index contributed by atoms with van der Waals surface area (Å²) in [4.78, 5) is 0. The van der Waals surface area contributed by atoms with Gasteiger partial charge in [0, 0.05) is 17.3 Å². The number of hydrogen-bond donors (Lipinski definition) is 1. The topological polar surface area (TPSA) is 12.0 Å². The molecule has 0 spiro atoms. The first-order valence-electron chi connectivity index (χ1n) is 5.82. The summed E-state index contributed by atoms with van der Waals surface area (Å²) in [5.74, 6) is 0.514. The molecule has 1 N–H and O–H groups in total. The average molecular weight is 213 g/mol. The number of hydrogen-bond acceptors (Lipinski definition) is 1. The van der Waals surface area contributed by atoms with E-state index in [1.165, 1.54) is 28.1 Å². The Kier molecular flexibility index (Phi) is 2.86. The van der Waals surface area contributed by atoms with Gasteiger partial charge in [0.1, 0.15) is 0 Å². The van der Waals surface area contributed by atoms with Crippen LogP contribution in [-0.4, -0.2) is 0 Å². The summed E-state index contributed by atoms with van der Waals surface area (Å²) in [6, 6.07) is 10.4. The van der Waals surface area contributed by atoms with E-state index in [0.29, 0.717) is 5.92 Å². The Morgan fingerprint density at radius 1 is 0.938 bits per heavy atom. The lowest BCUT2D eigenvalue weighted by molar-refractivity contribution is 0.819. The predicted molar refractivity (Wildman–Crippen MR) is 70.3 cm³/mol. The molecular formula is C15H19N. The Labute approximate surface area is 97.9 Å². The van der Waals surface area contributed by atoms with Crippen LogP contribution in [0.4, 0.5) is 5.69 Å². The Bertz CT molecular complexity index is 452. The SMILES string of the molecule is CC1=C(C)C(C)C(Nc2ccccc2)=C1C. The van der Waals surface area contributed by atoms with Crippen molar-refractivity contribution in [3.05, 3.63) is 52.7 Å². The Morgan fingerprint density at radius 3 is 2.06 bits per heavy atom. The third-order valence-electron chi connectivity index (χ3n) is 3.69. The van der Waals surface area contributed by atoms with Gasteiger partial charge in [-0.15, -0.1) is 0 Å². The highest BCUT2D eigenvalue weighted by molar-refractivity contribution is 5.56. The summed E-state index contributed by atoms with van der Waals surface area (Å²) in [7, 11) is 0. The number of nitrogens with one attached hydrogen (secondary N) is 1. The van der Waals surface area contributed by atoms with E-state index in [-0.39, 0.29) is 0 Å². The second-order valence-electron chi connectivity index (χ2n) is 4.56. The summed E-state index contributed by atoms with van der Waals surface area (Å²) in [5.41, 5.74) is 6.84. The molecule has 1 aromatic carbocycles. The molecule has 1 nitrogen and oxygen atoms in total. The molecule has 0 fully saturated rings. The molecule has 1 aliphatic rings. The highest BCUT2D eigenvalue weighted by Gasteiger charge is 2.23. The van der Waals surface area contributed by atoms with Gasteiger partial charge in [0.2, 0.25) is 0 Å². The van der Waals surface area contributed by atoms with E-state index in [2.05, 4.69) is 57.3 Å². The maximum absolute atomic E-state index is 3.54. The second-order valence-corrected chi connectivity index (χ2v) is 4.56. The molecule has 0 saturated heterocycles. The zero-order valence-corrected chi connectivity index (χ0v) is 10.5. The smallest absolute Gasteiger partial charge is 0.0382 e. The van der Waals surface area contributed by atoms with Crippen LogP contribution in [0, 0.1) is 5.92 Å². The minimum Gasteiger partial charge on any atom is -0.358 e. The quantitative estimate of drug-likeness (QED) is 0.769. The Morgan fingerprint density at radius 2 is 1.56 bits per heavy atom. The fourth-order valence-electron chi connectivity index (χ4n) is 2.24. The summed E-state index contributed by atoms with van der Waals surface area (Å²) in [6.45, 7) is 8.90. The molecule has 0 aromatic heterocycles. The van der Waals surface area contributed by atoms with Crippen molar-refractivity contribution in [3.8, 4) is 0 Å². The van der Waals surface area contributed by atoms with E-state index < -0.39 is 0 Å². The van der Waals surface area contributed by atoms with Gasteiger partial charge in [-0.05, 0) is 44.1 Å². The second kappa shape index (κ2) is 4.17. The van der Waals surface area contributed by atoms with Gasteiger partial charge in [-0.3, -0.25) is 0 Å². The minimum absolute atomic E-state index is 0.514. The third-order valence-corrected chi connectivity index (χ3v) is 3.69. The largest absolute Gasteiger partial charge is 0.358 e. The lowest BCUT2D eigenvalue weighted by Gasteiger charge is -2.15. The van der Waals surface area contributed by atoms with Crippen LogP contribution in [0.3, 0.4) is 0 Å². The average Bonchev–Trinajstić information content (AvgIpc) is 2.48. The molecule has 84 valence electrons. The first kappa shape index (κ1) is 11.0. The van der Waals surface area contributed by atoms with Gasteiger partial charge in [-0.1, -0.05) is 30.7 Å². The third kappa shape index (κ3) is 1.78. The van der Waals surface area contributed by atoms with E-state index in [1.807, 2.05) is 6.07 Å². The fraction of sp³-hybridized carbons (Fsp3) is 0.333. The van der Waals surface area contributed by atoms with E-state index in [0.717, 1.165) is 0 Å². The van der Waals surface area contributed by atoms with Gasteiger partial charge in [-0.25, -0.2) is 0 Å². The molecule has 0 heterocycles. The maximum atomic E-state index is 3.54. The fourth-order valence-corrected chi connectivity index (χ4v) is 2.24. The van der Waals surface area contributed by atoms with E-state index in [4.69, 9.17) is 0 Å². The van der Waals surface area contributed by atoms with Crippen LogP contribution < -0.4 is 5.32 Å². The van der Waals surface area contributed by atoms with Crippen LogP contribution in [0.1, 0.15) is 27.7 Å². The van der Waals surface area contributed by atoms with Crippen LogP contribution in [0.2, 0.25) is 0 Å². The van der Waals surface area contributed by atoms with Gasteiger partial charge >= 0.3 is 0 Å². The van der Waals surface area contributed by atoms with Crippen molar-refractivity contribution < 1.29 is 0 Å². The van der Waals surface area contributed by atoms with Crippen molar-refractivity contribution in [1.29, 1.82) is 0 Å². The standard InChI is InChI=1S/C15H19N/c1-10-11(2)13(4)15(12(10)3)16-14-8-6-5-7-9-14/h5-9,12,16H,1-4H3. The highest BCUT2D eigenvalue weighted by Crippen LogP contribution is 2.36. The first-order valence-corrected chi connectivity index (χ1v) is 5.82. The normalized spacial score (nSPS) is 20.6. The maximum Gasteiger partial charge on any atom is 0.0382 e. The summed E-state index contributed by atoms with van der Waals surface area (Å²) >= 11 is 0. The molecule has 0 saturated carbocycles. The lowest BCUT2D eigenvalue weighted by Crippen LogP contribution is -2.07. The minimum atomic E-state index is 0.514. The van der Waals surface area contributed by atoms with Crippen molar-refractivity contribution >= 4 is 5.69 Å². The van der Waals surface area contributed by atoms with E-state index in [1.54, 1.807) is 0 Å². The predicted octanol–water partition coefficient (Wildman–Crippen LogP) is 4.36. The molecule has 0 aliphatic heterocycles. The number of allylic oxidation sites excluding steroid dienone is 3. The van der Waals surface area contributed by atoms with Gasteiger partial charge in [0.15, 0.2) is 0 Å². The van der Waals surface area contributed by atoms with Crippen molar-refractivity contribution in [3.63, 3.8) is 0 Å². The Balaban J connectivity index is 2.26. The van der Waals surface area contributed by atoms with Crippen LogP contribution in [-0.2, 0) is 0 Å². The van der Waals surface area contributed by atoms with Crippen LogP contribution in [0.5, 0.6) is 0 Å². The molecule has 0 radical (unpaired) electrons. The summed E-state index contributed by atoms with van der Waals surface area (Å²) in [6.07, 6.45) is 0. The van der Waals surface area contributed by atoms with Crippen LogP contribution in [0.15, 0.2) is 52.7 Å².